The third-order valence-electron chi connectivity index (χ3n) is 7.73. The van der Waals surface area contributed by atoms with Crippen molar-refractivity contribution in [1.29, 1.82) is 0 Å². The van der Waals surface area contributed by atoms with Gasteiger partial charge in [0.1, 0.15) is 35.6 Å². The summed E-state index contributed by atoms with van der Waals surface area (Å²) in [4.78, 5) is 39.7. The normalized spacial score (nSPS) is 29.8. The fraction of sp³-hybridized carbons (Fsp3) is 0.444. The van der Waals surface area contributed by atoms with Crippen molar-refractivity contribution in [3.05, 3.63) is 51.6 Å². The maximum Gasteiger partial charge on any atom is 0.202 e. The minimum Gasteiger partial charge on any atom is -0.507 e. The number of carbonyl (C=O) groups excluding carboxylic acids is 3. The van der Waals surface area contributed by atoms with E-state index in [-0.39, 0.29) is 34.4 Å². The summed E-state index contributed by atoms with van der Waals surface area (Å²) in [5, 5.41) is 63.7. The highest BCUT2D eigenvalue weighted by Crippen LogP contribution is 2.52. The number of rotatable bonds is 5. The number of hydrogen-bond acceptors (Lipinski definition) is 12. The molecule has 208 valence electrons. The number of methoxy groups -OCH3 is 1. The van der Waals surface area contributed by atoms with Crippen LogP contribution >= 0.6 is 0 Å². The van der Waals surface area contributed by atoms with Gasteiger partial charge in [-0.15, -0.1) is 0 Å². The second-order valence-corrected chi connectivity index (χ2v) is 10.1. The van der Waals surface area contributed by atoms with Gasteiger partial charge in [0.15, 0.2) is 17.9 Å². The molecule has 2 aromatic carbocycles. The van der Waals surface area contributed by atoms with Gasteiger partial charge in [-0.25, -0.2) is 0 Å². The number of ketones is 3. The fourth-order valence-electron chi connectivity index (χ4n) is 5.69. The van der Waals surface area contributed by atoms with Crippen LogP contribution in [0.4, 0.5) is 0 Å². The molecule has 1 aliphatic heterocycles. The number of phenolic OH excluding ortho intramolecular Hbond substituents is 2. The molecule has 0 spiro atoms. The Labute approximate surface area is 222 Å². The molecule has 1 saturated heterocycles. The molecule has 0 amide bonds. The van der Waals surface area contributed by atoms with Gasteiger partial charge in [0, 0.05) is 36.0 Å². The topological polar surface area (TPSA) is 200 Å². The number of aromatic hydroxyl groups is 2. The van der Waals surface area contributed by atoms with E-state index >= 15 is 0 Å². The van der Waals surface area contributed by atoms with E-state index in [9.17, 15) is 45.0 Å². The van der Waals surface area contributed by atoms with E-state index in [4.69, 9.17) is 14.2 Å². The number of aliphatic hydroxyl groups is 4. The minimum atomic E-state index is -2.27. The Morgan fingerprint density at radius 3 is 2.44 bits per heavy atom. The van der Waals surface area contributed by atoms with Gasteiger partial charge in [-0.05, 0) is 13.0 Å². The van der Waals surface area contributed by atoms with Crippen LogP contribution in [0.2, 0.25) is 0 Å². The fourth-order valence-corrected chi connectivity index (χ4v) is 5.69. The molecule has 3 aliphatic rings. The number of fused-ring (bicyclic) bond motifs is 3. The lowest BCUT2D eigenvalue weighted by molar-refractivity contribution is -0.266. The second kappa shape index (κ2) is 9.66. The predicted molar refractivity (Wildman–Crippen MR) is 130 cm³/mol. The van der Waals surface area contributed by atoms with E-state index in [2.05, 4.69) is 0 Å². The van der Waals surface area contributed by atoms with Crippen molar-refractivity contribution >= 4 is 17.3 Å². The first-order valence-corrected chi connectivity index (χ1v) is 12.3. The smallest absolute Gasteiger partial charge is 0.202 e. The van der Waals surface area contributed by atoms with Crippen molar-refractivity contribution < 1.29 is 59.2 Å². The lowest BCUT2D eigenvalue weighted by atomic mass is 9.72. The van der Waals surface area contributed by atoms with Crippen molar-refractivity contribution in [3.8, 4) is 17.2 Å². The molecule has 5 rings (SSSR count). The van der Waals surface area contributed by atoms with Gasteiger partial charge in [0.05, 0.1) is 42.1 Å². The first kappa shape index (κ1) is 27.2. The van der Waals surface area contributed by atoms with Crippen LogP contribution < -0.4 is 4.74 Å². The summed E-state index contributed by atoms with van der Waals surface area (Å²) < 4.78 is 16.8. The van der Waals surface area contributed by atoms with Gasteiger partial charge < -0.3 is 44.8 Å². The van der Waals surface area contributed by atoms with Gasteiger partial charge in [-0.2, -0.15) is 0 Å². The van der Waals surface area contributed by atoms with Crippen LogP contribution in [0.1, 0.15) is 68.8 Å². The molecule has 0 aromatic heterocycles. The number of aliphatic hydroxyl groups excluding tert-OH is 3. The highest BCUT2D eigenvalue weighted by Gasteiger charge is 2.50. The summed E-state index contributed by atoms with van der Waals surface area (Å²) in [6.07, 6.45) is -7.17. The SMILES string of the molecule is COc1cccc2c1C(=O)c1c(O)c3c(c(O)c1C2=O)C[C@@](O)(C(=O)CO)C[C@@H]3O[C@H]1CC(O)[C@H](O)[C@H](C)O1. The van der Waals surface area contributed by atoms with Crippen molar-refractivity contribution in [1.82, 2.24) is 0 Å². The Morgan fingerprint density at radius 2 is 1.79 bits per heavy atom. The maximum absolute atomic E-state index is 13.6. The van der Waals surface area contributed by atoms with Crippen molar-refractivity contribution in [2.45, 2.75) is 62.5 Å². The third kappa shape index (κ3) is 4.11. The number of hydrogen-bond donors (Lipinski definition) is 6. The number of carbonyl (C=O) groups is 3. The van der Waals surface area contributed by atoms with Gasteiger partial charge >= 0.3 is 0 Å². The number of benzene rings is 2. The Morgan fingerprint density at radius 1 is 1.10 bits per heavy atom. The molecule has 0 bridgehead atoms. The van der Waals surface area contributed by atoms with Crippen LogP contribution in [0.3, 0.4) is 0 Å². The first-order chi connectivity index (χ1) is 18.4. The standard InChI is InChI=1S/C27H28O12/c1-10-22(31)13(29)6-17(38-10)39-15-8-27(36,16(30)9-28)7-12-19(15)26(35)21-20(24(12)33)23(32)11-4-3-5-14(37-2)18(11)25(21)34/h3-5,10,13,15,17,22,28-29,31,33,35-36H,6-9H2,1-2H3/t10-,13?,15-,17-,22+,27-/m0/s1. The zero-order valence-corrected chi connectivity index (χ0v) is 21.1. The summed E-state index contributed by atoms with van der Waals surface area (Å²) in [5.74, 6) is -3.91. The van der Waals surface area contributed by atoms with Gasteiger partial charge in [0.25, 0.3) is 0 Å². The monoisotopic (exact) mass is 544 g/mol. The van der Waals surface area contributed by atoms with Gasteiger partial charge in [-0.1, -0.05) is 12.1 Å². The number of Topliss-reactive ketones (excluding diaryl/α,β-unsaturated/α-hetero) is 1. The molecule has 1 unspecified atom stereocenters. The van der Waals surface area contributed by atoms with Crippen molar-refractivity contribution in [2.24, 2.45) is 0 Å². The predicted octanol–water partition coefficient (Wildman–Crippen LogP) is 0.0349. The molecule has 12 heteroatoms. The number of ether oxygens (including phenoxy) is 3. The minimum absolute atomic E-state index is 0.0658. The first-order valence-electron chi connectivity index (χ1n) is 12.3. The third-order valence-corrected chi connectivity index (χ3v) is 7.73. The van der Waals surface area contributed by atoms with Gasteiger partial charge in [-0.3, -0.25) is 14.4 Å². The van der Waals surface area contributed by atoms with E-state index in [1.165, 1.54) is 32.2 Å². The Kier molecular flexibility index (Phi) is 6.74. The van der Waals surface area contributed by atoms with E-state index in [1.807, 2.05) is 0 Å². The summed E-state index contributed by atoms with van der Waals surface area (Å²) in [6, 6.07) is 4.33. The largest absolute Gasteiger partial charge is 0.507 e. The van der Waals surface area contributed by atoms with E-state index < -0.39 is 95.7 Å². The molecular formula is C27H28O12. The van der Waals surface area contributed by atoms with Crippen LogP contribution in [0.25, 0.3) is 0 Å². The van der Waals surface area contributed by atoms with Gasteiger partial charge in [0.2, 0.25) is 5.78 Å². The molecule has 6 N–H and O–H groups in total. The summed E-state index contributed by atoms with van der Waals surface area (Å²) in [6.45, 7) is 0.460. The maximum atomic E-state index is 13.6. The summed E-state index contributed by atoms with van der Waals surface area (Å²) in [5.41, 5.74) is -3.81. The van der Waals surface area contributed by atoms with E-state index in [0.29, 0.717) is 0 Å². The molecule has 39 heavy (non-hydrogen) atoms. The quantitative estimate of drug-likeness (QED) is 0.236. The Hall–Kier alpha value is -3.39. The van der Waals surface area contributed by atoms with Crippen LogP contribution in [0, 0.1) is 0 Å². The Balaban J connectivity index is 1.69. The van der Waals surface area contributed by atoms with Crippen LogP contribution in [-0.4, -0.2) is 91.9 Å². The highest BCUT2D eigenvalue weighted by atomic mass is 16.7. The summed E-state index contributed by atoms with van der Waals surface area (Å²) in [7, 11) is 1.31. The second-order valence-electron chi connectivity index (χ2n) is 10.1. The molecule has 2 aromatic rings. The molecule has 6 atom stereocenters. The number of phenols is 2. The average molecular weight is 545 g/mol. The molecule has 0 saturated carbocycles. The molecule has 1 fully saturated rings. The summed E-state index contributed by atoms with van der Waals surface area (Å²) >= 11 is 0. The lowest BCUT2D eigenvalue weighted by Crippen LogP contribution is -2.50. The zero-order valence-electron chi connectivity index (χ0n) is 21.1. The highest BCUT2D eigenvalue weighted by molar-refractivity contribution is 6.31. The average Bonchev–Trinajstić information content (AvgIpc) is 2.90. The molecule has 12 nitrogen and oxygen atoms in total. The van der Waals surface area contributed by atoms with Crippen LogP contribution in [0.15, 0.2) is 18.2 Å². The molecular weight excluding hydrogens is 516 g/mol. The lowest BCUT2D eigenvalue weighted by Gasteiger charge is -2.42. The zero-order chi connectivity index (χ0) is 28.4. The Bertz CT molecular complexity index is 1370. The van der Waals surface area contributed by atoms with Crippen LogP contribution in [-0.2, 0) is 20.7 Å². The van der Waals surface area contributed by atoms with Crippen LogP contribution in [0.5, 0.6) is 17.2 Å². The molecule has 0 radical (unpaired) electrons. The van der Waals surface area contributed by atoms with E-state index in [0.717, 1.165) is 0 Å². The molecule has 1 heterocycles. The molecule has 2 aliphatic carbocycles. The van der Waals surface area contributed by atoms with Crippen molar-refractivity contribution in [2.75, 3.05) is 13.7 Å². The van der Waals surface area contributed by atoms with Crippen molar-refractivity contribution in [3.63, 3.8) is 0 Å². The van der Waals surface area contributed by atoms with E-state index in [1.54, 1.807) is 0 Å².